The number of hydrogen-bond donors (Lipinski definition) is 2. The van der Waals surface area contributed by atoms with E-state index in [0.29, 0.717) is 18.9 Å². The molecule has 1 aliphatic carbocycles. The van der Waals surface area contributed by atoms with Gasteiger partial charge in [0.15, 0.2) is 0 Å². The minimum absolute atomic E-state index is 0.145. The second-order valence-electron chi connectivity index (χ2n) is 3.83. The third-order valence-corrected chi connectivity index (χ3v) is 3.14. The number of carbonyl (C=O) groups is 1. The monoisotopic (exact) mass is 318 g/mol. The molecule has 0 unspecified atom stereocenters. The predicted molar refractivity (Wildman–Crippen MR) is 69.0 cm³/mol. The highest BCUT2D eigenvalue weighted by atomic mass is 79.9. The van der Waals surface area contributed by atoms with Crippen LogP contribution < -0.4 is 10.6 Å². The molecule has 2 N–H and O–H groups in total. The van der Waals surface area contributed by atoms with Crippen molar-refractivity contribution >= 4 is 39.3 Å². The first-order chi connectivity index (χ1) is 8.16. The van der Waals surface area contributed by atoms with E-state index in [2.05, 4.69) is 36.5 Å². The zero-order chi connectivity index (χ0) is 12.3. The van der Waals surface area contributed by atoms with Crippen LogP contribution in [0.2, 0.25) is 5.28 Å². The molecular weight excluding hydrogens is 307 g/mol. The zero-order valence-electron chi connectivity index (χ0n) is 9.04. The number of aromatic nitrogens is 2. The van der Waals surface area contributed by atoms with E-state index in [0.717, 1.165) is 17.3 Å². The summed E-state index contributed by atoms with van der Waals surface area (Å²) in [4.78, 5) is 19.2. The lowest BCUT2D eigenvalue weighted by Crippen LogP contribution is -2.30. The molecule has 1 saturated carbocycles. The fourth-order valence-corrected chi connectivity index (χ4v) is 1.79. The Labute approximate surface area is 112 Å². The van der Waals surface area contributed by atoms with Crippen LogP contribution in [0.3, 0.4) is 0 Å². The maximum atomic E-state index is 11.3. The van der Waals surface area contributed by atoms with Gasteiger partial charge in [0.05, 0.1) is 4.47 Å². The van der Waals surface area contributed by atoms with Gasteiger partial charge in [-0.05, 0) is 40.4 Å². The molecule has 0 bridgehead atoms. The standard InChI is InChI=1S/C10H12BrClN4O/c11-7-5-15-10(12)16-8(7)13-3-4-14-9(17)6-1-2-6/h5-6H,1-4H2,(H,14,17)(H,13,15,16). The number of hydrogen-bond acceptors (Lipinski definition) is 4. The zero-order valence-corrected chi connectivity index (χ0v) is 11.4. The van der Waals surface area contributed by atoms with E-state index in [9.17, 15) is 4.79 Å². The van der Waals surface area contributed by atoms with E-state index < -0.39 is 0 Å². The van der Waals surface area contributed by atoms with Gasteiger partial charge in [-0.25, -0.2) is 4.98 Å². The molecule has 1 aromatic rings. The van der Waals surface area contributed by atoms with E-state index in [4.69, 9.17) is 11.6 Å². The lowest BCUT2D eigenvalue weighted by molar-refractivity contribution is -0.122. The molecule has 1 amide bonds. The van der Waals surface area contributed by atoms with Crippen LogP contribution in [0.25, 0.3) is 0 Å². The smallest absolute Gasteiger partial charge is 0.224 e. The fraction of sp³-hybridized carbons (Fsp3) is 0.500. The Balaban J connectivity index is 1.73. The van der Waals surface area contributed by atoms with Crippen molar-refractivity contribution in [1.29, 1.82) is 0 Å². The predicted octanol–water partition coefficient (Wildman–Crippen LogP) is 1.83. The van der Waals surface area contributed by atoms with Crippen molar-refractivity contribution in [1.82, 2.24) is 15.3 Å². The third kappa shape index (κ3) is 3.81. The van der Waals surface area contributed by atoms with E-state index in [1.54, 1.807) is 6.20 Å². The van der Waals surface area contributed by atoms with Gasteiger partial charge < -0.3 is 10.6 Å². The summed E-state index contributed by atoms with van der Waals surface area (Å²) in [5.41, 5.74) is 0. The topological polar surface area (TPSA) is 66.9 Å². The molecule has 1 fully saturated rings. The average molecular weight is 320 g/mol. The first kappa shape index (κ1) is 12.6. The Hall–Kier alpha value is -0.880. The summed E-state index contributed by atoms with van der Waals surface area (Å²) in [6.07, 6.45) is 3.62. The van der Waals surface area contributed by atoms with Gasteiger partial charge >= 0.3 is 0 Å². The number of amides is 1. The van der Waals surface area contributed by atoms with Crippen molar-refractivity contribution in [2.45, 2.75) is 12.8 Å². The molecule has 0 aromatic carbocycles. The minimum atomic E-state index is 0.145. The van der Waals surface area contributed by atoms with Crippen LogP contribution >= 0.6 is 27.5 Å². The molecule has 0 saturated heterocycles. The van der Waals surface area contributed by atoms with Crippen LogP contribution in [0.5, 0.6) is 0 Å². The van der Waals surface area contributed by atoms with Gasteiger partial charge in [0.25, 0.3) is 0 Å². The van der Waals surface area contributed by atoms with E-state index in [1.165, 1.54) is 0 Å². The fourth-order valence-electron chi connectivity index (χ4n) is 1.33. The molecular formula is C10H12BrClN4O. The highest BCUT2D eigenvalue weighted by Gasteiger charge is 2.28. The number of halogens is 2. The summed E-state index contributed by atoms with van der Waals surface area (Å²) >= 11 is 8.99. The molecule has 17 heavy (non-hydrogen) atoms. The van der Waals surface area contributed by atoms with E-state index in [1.807, 2.05) is 0 Å². The lowest BCUT2D eigenvalue weighted by atomic mass is 10.4. The van der Waals surface area contributed by atoms with Gasteiger partial charge in [-0.2, -0.15) is 4.98 Å². The molecule has 1 aliphatic rings. The van der Waals surface area contributed by atoms with Crippen molar-refractivity contribution in [3.8, 4) is 0 Å². The molecule has 0 spiro atoms. The Morgan fingerprint density at radius 3 is 3.00 bits per heavy atom. The van der Waals surface area contributed by atoms with Crippen LogP contribution in [0.4, 0.5) is 5.82 Å². The van der Waals surface area contributed by atoms with Gasteiger partial charge in [-0.3, -0.25) is 4.79 Å². The molecule has 1 aromatic heterocycles. The average Bonchev–Trinajstić information content (AvgIpc) is 3.12. The van der Waals surface area contributed by atoms with Crippen molar-refractivity contribution in [2.75, 3.05) is 18.4 Å². The lowest BCUT2D eigenvalue weighted by Gasteiger charge is -2.08. The van der Waals surface area contributed by atoms with E-state index in [-0.39, 0.29) is 17.1 Å². The molecule has 2 rings (SSSR count). The second-order valence-corrected chi connectivity index (χ2v) is 5.02. The van der Waals surface area contributed by atoms with Crippen molar-refractivity contribution in [2.24, 2.45) is 5.92 Å². The summed E-state index contributed by atoms with van der Waals surface area (Å²) in [5.74, 6) is 1.02. The number of carbonyl (C=O) groups excluding carboxylic acids is 1. The molecule has 1 heterocycles. The highest BCUT2D eigenvalue weighted by molar-refractivity contribution is 9.10. The molecule has 0 atom stereocenters. The minimum Gasteiger partial charge on any atom is -0.367 e. The van der Waals surface area contributed by atoms with Gasteiger partial charge in [0, 0.05) is 25.2 Å². The normalized spacial score (nSPS) is 14.5. The summed E-state index contributed by atoms with van der Waals surface area (Å²) in [6, 6.07) is 0. The number of anilines is 1. The molecule has 92 valence electrons. The van der Waals surface area contributed by atoms with Crippen LogP contribution in [0, 0.1) is 5.92 Å². The maximum Gasteiger partial charge on any atom is 0.224 e. The quantitative estimate of drug-likeness (QED) is 0.642. The van der Waals surface area contributed by atoms with Crippen molar-refractivity contribution in [3.63, 3.8) is 0 Å². The summed E-state index contributed by atoms with van der Waals surface area (Å²) < 4.78 is 0.746. The van der Waals surface area contributed by atoms with Crippen LogP contribution in [-0.2, 0) is 4.79 Å². The van der Waals surface area contributed by atoms with Crippen LogP contribution in [-0.4, -0.2) is 29.0 Å². The number of rotatable bonds is 5. The highest BCUT2D eigenvalue weighted by Crippen LogP contribution is 2.28. The Bertz CT molecular complexity index is 425. The second kappa shape index (κ2) is 5.64. The third-order valence-electron chi connectivity index (χ3n) is 2.38. The SMILES string of the molecule is O=C(NCCNc1nc(Cl)ncc1Br)C1CC1. The summed E-state index contributed by atoms with van der Waals surface area (Å²) in [6.45, 7) is 1.17. The Morgan fingerprint density at radius 2 is 2.29 bits per heavy atom. The largest absolute Gasteiger partial charge is 0.367 e. The van der Waals surface area contributed by atoms with Crippen LogP contribution in [0.15, 0.2) is 10.7 Å². The van der Waals surface area contributed by atoms with Gasteiger partial charge in [-0.15, -0.1) is 0 Å². The molecule has 0 aliphatic heterocycles. The summed E-state index contributed by atoms with van der Waals surface area (Å²) in [5, 5.41) is 6.12. The molecule has 5 nitrogen and oxygen atoms in total. The summed E-state index contributed by atoms with van der Waals surface area (Å²) in [7, 11) is 0. The van der Waals surface area contributed by atoms with Gasteiger partial charge in [0.1, 0.15) is 5.82 Å². The van der Waals surface area contributed by atoms with Crippen molar-refractivity contribution < 1.29 is 4.79 Å². The Morgan fingerprint density at radius 1 is 1.53 bits per heavy atom. The van der Waals surface area contributed by atoms with Crippen molar-refractivity contribution in [3.05, 3.63) is 16.0 Å². The first-order valence-electron chi connectivity index (χ1n) is 5.36. The Kier molecular flexibility index (Phi) is 4.17. The van der Waals surface area contributed by atoms with E-state index >= 15 is 0 Å². The molecule has 7 heteroatoms. The number of nitrogens with zero attached hydrogens (tertiary/aromatic N) is 2. The van der Waals surface area contributed by atoms with Gasteiger partial charge in [-0.1, -0.05) is 0 Å². The maximum absolute atomic E-state index is 11.3. The first-order valence-corrected chi connectivity index (χ1v) is 6.53. The van der Waals surface area contributed by atoms with Gasteiger partial charge in [0.2, 0.25) is 11.2 Å². The van der Waals surface area contributed by atoms with Crippen LogP contribution in [0.1, 0.15) is 12.8 Å². The number of nitrogens with one attached hydrogen (secondary N) is 2. The molecule has 0 radical (unpaired) electrons.